The Kier molecular flexibility index (Phi) is 5.13. The van der Waals surface area contributed by atoms with Crippen molar-refractivity contribution in [1.82, 2.24) is 5.32 Å². The topological polar surface area (TPSA) is 12.0 Å². The summed E-state index contributed by atoms with van der Waals surface area (Å²) in [6, 6.07) is 8.66. The minimum atomic E-state index is 0.571. The maximum Gasteiger partial charge on any atom is 0.0437 e. The molecule has 1 rings (SSSR count). The van der Waals surface area contributed by atoms with Crippen LogP contribution in [0.5, 0.6) is 0 Å². The van der Waals surface area contributed by atoms with Crippen molar-refractivity contribution in [2.45, 2.75) is 32.7 Å². The predicted molar refractivity (Wildman–Crippen MR) is 67.5 cm³/mol. The summed E-state index contributed by atoms with van der Waals surface area (Å²) in [5.41, 5.74) is 1.25. The quantitative estimate of drug-likeness (QED) is 0.809. The summed E-state index contributed by atoms with van der Waals surface area (Å²) in [6.07, 6.45) is 2.18. The lowest BCUT2D eigenvalue weighted by atomic mass is 9.97. The van der Waals surface area contributed by atoms with Gasteiger partial charge in [-0.3, -0.25) is 0 Å². The molecule has 0 amide bonds. The van der Waals surface area contributed by atoms with Gasteiger partial charge >= 0.3 is 0 Å². The molecule has 0 spiro atoms. The zero-order valence-electron chi connectivity index (χ0n) is 9.76. The van der Waals surface area contributed by atoms with Crippen LogP contribution in [0.2, 0.25) is 5.02 Å². The average molecular weight is 226 g/mol. The summed E-state index contributed by atoms with van der Waals surface area (Å²) in [5, 5.41) is 4.23. The van der Waals surface area contributed by atoms with E-state index in [4.69, 9.17) is 11.6 Å². The fraction of sp³-hybridized carbons (Fsp3) is 0.538. The summed E-state index contributed by atoms with van der Waals surface area (Å²) in [4.78, 5) is 0. The SMILES string of the molecule is CNC(CCc1ccccc1Cl)C(C)C. The highest BCUT2D eigenvalue weighted by atomic mass is 35.5. The molecule has 0 fully saturated rings. The number of rotatable bonds is 5. The molecule has 0 aliphatic carbocycles. The van der Waals surface area contributed by atoms with Gasteiger partial charge in [-0.1, -0.05) is 43.6 Å². The molecule has 2 heteroatoms. The molecule has 1 unspecified atom stereocenters. The van der Waals surface area contributed by atoms with Crippen LogP contribution in [0.25, 0.3) is 0 Å². The molecule has 1 N–H and O–H groups in total. The Balaban J connectivity index is 2.53. The summed E-state index contributed by atoms with van der Waals surface area (Å²) in [5.74, 6) is 0.664. The van der Waals surface area contributed by atoms with E-state index in [2.05, 4.69) is 25.2 Å². The van der Waals surface area contributed by atoms with Gasteiger partial charge in [-0.2, -0.15) is 0 Å². The molecule has 0 aromatic heterocycles. The minimum absolute atomic E-state index is 0.571. The zero-order chi connectivity index (χ0) is 11.3. The van der Waals surface area contributed by atoms with E-state index in [1.54, 1.807) is 0 Å². The standard InChI is InChI=1S/C13H20ClN/c1-10(2)13(15-3)9-8-11-6-4-5-7-12(11)14/h4-7,10,13,15H,8-9H2,1-3H3. The van der Waals surface area contributed by atoms with E-state index in [-0.39, 0.29) is 0 Å². The smallest absolute Gasteiger partial charge is 0.0437 e. The molecule has 1 aromatic rings. The van der Waals surface area contributed by atoms with Gasteiger partial charge in [0.05, 0.1) is 0 Å². The van der Waals surface area contributed by atoms with Gasteiger partial charge in [0.25, 0.3) is 0 Å². The lowest BCUT2D eigenvalue weighted by molar-refractivity contribution is 0.403. The molecule has 0 radical (unpaired) electrons. The maximum atomic E-state index is 6.11. The first-order chi connectivity index (χ1) is 7.15. The van der Waals surface area contributed by atoms with Crippen LogP contribution in [0.4, 0.5) is 0 Å². The molecule has 0 bridgehead atoms. The van der Waals surface area contributed by atoms with Gasteiger partial charge in [0, 0.05) is 11.1 Å². The largest absolute Gasteiger partial charge is 0.317 e. The van der Waals surface area contributed by atoms with Gasteiger partial charge in [0.2, 0.25) is 0 Å². The number of nitrogens with one attached hydrogen (secondary N) is 1. The average Bonchev–Trinajstić information content (AvgIpc) is 2.21. The van der Waals surface area contributed by atoms with E-state index in [1.807, 2.05) is 25.2 Å². The van der Waals surface area contributed by atoms with Gasteiger partial charge in [0.1, 0.15) is 0 Å². The third-order valence-corrected chi connectivity index (χ3v) is 3.23. The monoisotopic (exact) mass is 225 g/mol. The van der Waals surface area contributed by atoms with Crippen molar-refractivity contribution in [3.63, 3.8) is 0 Å². The van der Waals surface area contributed by atoms with Crippen molar-refractivity contribution in [2.75, 3.05) is 7.05 Å². The molecule has 0 heterocycles. The molecule has 1 atom stereocenters. The molecule has 0 aliphatic heterocycles. The lowest BCUT2D eigenvalue weighted by Gasteiger charge is -2.20. The first-order valence-electron chi connectivity index (χ1n) is 5.55. The lowest BCUT2D eigenvalue weighted by Crippen LogP contribution is -2.31. The molecule has 1 nitrogen and oxygen atoms in total. The normalized spacial score (nSPS) is 13.1. The Morgan fingerprint density at radius 3 is 2.47 bits per heavy atom. The Hall–Kier alpha value is -0.530. The first kappa shape index (κ1) is 12.5. The number of aryl methyl sites for hydroxylation is 1. The van der Waals surface area contributed by atoms with E-state index in [0.29, 0.717) is 12.0 Å². The maximum absolute atomic E-state index is 6.11. The number of halogens is 1. The van der Waals surface area contributed by atoms with Crippen LogP contribution in [-0.2, 0) is 6.42 Å². The van der Waals surface area contributed by atoms with Crippen molar-refractivity contribution in [1.29, 1.82) is 0 Å². The third-order valence-electron chi connectivity index (χ3n) is 2.86. The van der Waals surface area contributed by atoms with Crippen molar-refractivity contribution in [2.24, 2.45) is 5.92 Å². The molecule has 15 heavy (non-hydrogen) atoms. The Labute approximate surface area is 97.8 Å². The highest BCUT2D eigenvalue weighted by molar-refractivity contribution is 6.31. The van der Waals surface area contributed by atoms with Crippen LogP contribution >= 0.6 is 11.6 Å². The molecule has 0 saturated carbocycles. The van der Waals surface area contributed by atoms with E-state index in [1.165, 1.54) is 5.56 Å². The van der Waals surface area contributed by atoms with Crippen LogP contribution in [0.3, 0.4) is 0 Å². The Morgan fingerprint density at radius 1 is 1.27 bits per heavy atom. The second-order valence-electron chi connectivity index (χ2n) is 4.27. The van der Waals surface area contributed by atoms with Crippen LogP contribution in [0, 0.1) is 5.92 Å². The Morgan fingerprint density at radius 2 is 1.93 bits per heavy atom. The molecular weight excluding hydrogens is 206 g/mol. The summed E-state index contributed by atoms with van der Waals surface area (Å²) >= 11 is 6.11. The highest BCUT2D eigenvalue weighted by Gasteiger charge is 2.11. The number of benzene rings is 1. The van der Waals surface area contributed by atoms with Gasteiger partial charge in [0.15, 0.2) is 0 Å². The predicted octanol–water partition coefficient (Wildman–Crippen LogP) is 3.52. The minimum Gasteiger partial charge on any atom is -0.317 e. The first-order valence-corrected chi connectivity index (χ1v) is 5.93. The molecule has 84 valence electrons. The molecular formula is C13H20ClN. The summed E-state index contributed by atoms with van der Waals surface area (Å²) < 4.78 is 0. The molecule has 1 aromatic carbocycles. The molecule has 0 aliphatic rings. The van der Waals surface area contributed by atoms with Crippen LogP contribution in [-0.4, -0.2) is 13.1 Å². The van der Waals surface area contributed by atoms with Crippen LogP contribution in [0.15, 0.2) is 24.3 Å². The van der Waals surface area contributed by atoms with Gasteiger partial charge in [-0.05, 0) is 37.4 Å². The second kappa shape index (κ2) is 6.14. The highest BCUT2D eigenvalue weighted by Crippen LogP contribution is 2.18. The third kappa shape index (κ3) is 3.84. The summed E-state index contributed by atoms with van der Waals surface area (Å²) in [7, 11) is 2.03. The zero-order valence-corrected chi connectivity index (χ0v) is 10.5. The van der Waals surface area contributed by atoms with E-state index in [9.17, 15) is 0 Å². The van der Waals surface area contributed by atoms with Crippen molar-refractivity contribution >= 4 is 11.6 Å². The molecule has 0 saturated heterocycles. The number of hydrogen-bond acceptors (Lipinski definition) is 1. The summed E-state index contributed by atoms with van der Waals surface area (Å²) in [6.45, 7) is 4.49. The fourth-order valence-electron chi connectivity index (χ4n) is 1.82. The van der Waals surface area contributed by atoms with E-state index >= 15 is 0 Å². The van der Waals surface area contributed by atoms with Crippen molar-refractivity contribution in [3.05, 3.63) is 34.9 Å². The van der Waals surface area contributed by atoms with Gasteiger partial charge in [-0.15, -0.1) is 0 Å². The van der Waals surface area contributed by atoms with E-state index in [0.717, 1.165) is 17.9 Å². The van der Waals surface area contributed by atoms with Gasteiger partial charge < -0.3 is 5.32 Å². The van der Waals surface area contributed by atoms with Crippen molar-refractivity contribution in [3.8, 4) is 0 Å². The Bertz CT molecular complexity index is 296. The van der Waals surface area contributed by atoms with E-state index < -0.39 is 0 Å². The van der Waals surface area contributed by atoms with Crippen LogP contribution < -0.4 is 5.32 Å². The van der Waals surface area contributed by atoms with Crippen molar-refractivity contribution < 1.29 is 0 Å². The second-order valence-corrected chi connectivity index (χ2v) is 4.68. The van der Waals surface area contributed by atoms with Gasteiger partial charge in [-0.25, -0.2) is 0 Å². The number of hydrogen-bond donors (Lipinski definition) is 1. The van der Waals surface area contributed by atoms with Crippen LogP contribution in [0.1, 0.15) is 25.8 Å². The fourth-order valence-corrected chi connectivity index (χ4v) is 2.05.